The summed E-state index contributed by atoms with van der Waals surface area (Å²) in [5.41, 5.74) is 0.701. The van der Waals surface area contributed by atoms with Crippen molar-refractivity contribution in [3.63, 3.8) is 0 Å². The molecule has 1 aliphatic heterocycles. The maximum Gasteiger partial charge on any atom is 0.199 e. The first-order valence-electron chi connectivity index (χ1n) is 7.80. The van der Waals surface area contributed by atoms with E-state index in [0.717, 1.165) is 31.4 Å². The second-order valence-corrected chi connectivity index (χ2v) is 5.78. The quantitative estimate of drug-likeness (QED) is 0.889. The second-order valence-electron chi connectivity index (χ2n) is 5.78. The Bertz CT molecular complexity index is 573. The topological polar surface area (TPSA) is 71.2 Å². The van der Waals surface area contributed by atoms with Crippen molar-refractivity contribution in [1.82, 2.24) is 30.3 Å². The van der Waals surface area contributed by atoms with Crippen molar-refractivity contribution in [2.24, 2.45) is 5.92 Å². The number of hydrogen-bond acceptors (Lipinski definition) is 6. The van der Waals surface area contributed by atoms with Gasteiger partial charge in [0, 0.05) is 19.1 Å². The smallest absolute Gasteiger partial charge is 0.199 e. The van der Waals surface area contributed by atoms with Gasteiger partial charge in [-0.15, -0.1) is 5.10 Å². The van der Waals surface area contributed by atoms with Crippen LogP contribution in [0.5, 0.6) is 0 Å². The van der Waals surface area contributed by atoms with Crippen molar-refractivity contribution in [3.05, 3.63) is 12.4 Å². The van der Waals surface area contributed by atoms with Crippen molar-refractivity contribution in [2.45, 2.75) is 39.2 Å². The fraction of sp³-hybridized carbons (Fsp3) is 0.714. The van der Waals surface area contributed by atoms with Crippen LogP contribution in [-0.2, 0) is 0 Å². The van der Waals surface area contributed by atoms with E-state index in [-0.39, 0.29) is 0 Å². The van der Waals surface area contributed by atoms with Gasteiger partial charge in [-0.25, -0.2) is 0 Å². The van der Waals surface area contributed by atoms with E-state index in [4.69, 9.17) is 0 Å². The number of piperidine rings is 1. The van der Waals surface area contributed by atoms with Crippen molar-refractivity contribution < 1.29 is 0 Å². The summed E-state index contributed by atoms with van der Waals surface area (Å²) in [6, 6.07) is 0.592. The molecule has 0 radical (unpaired) electrons. The minimum absolute atomic E-state index is 0.592. The summed E-state index contributed by atoms with van der Waals surface area (Å²) in [7, 11) is 0. The van der Waals surface area contributed by atoms with Gasteiger partial charge in [-0.05, 0) is 49.1 Å². The van der Waals surface area contributed by atoms with Crippen LogP contribution < -0.4 is 10.2 Å². The predicted molar refractivity (Wildman–Crippen MR) is 81.3 cm³/mol. The molecule has 0 bridgehead atoms. The molecule has 0 spiro atoms. The third-order valence-corrected chi connectivity index (χ3v) is 4.38. The van der Waals surface area contributed by atoms with Gasteiger partial charge in [-0.1, -0.05) is 6.92 Å². The molecule has 1 N–H and O–H groups in total. The van der Waals surface area contributed by atoms with Gasteiger partial charge in [0.25, 0.3) is 0 Å². The molecule has 1 aliphatic rings. The highest BCUT2D eigenvalue weighted by Crippen LogP contribution is 2.24. The molecule has 2 aromatic heterocycles. The monoisotopic (exact) mass is 289 g/mol. The van der Waals surface area contributed by atoms with Crippen LogP contribution >= 0.6 is 0 Å². The zero-order chi connectivity index (χ0) is 14.7. The molecule has 2 aromatic rings. The molecule has 7 nitrogen and oxygen atoms in total. The number of hydrogen-bond donors (Lipinski definition) is 1. The molecule has 0 saturated carbocycles. The number of fused-ring (bicyclic) bond motifs is 1. The van der Waals surface area contributed by atoms with Crippen LogP contribution in [0, 0.1) is 5.92 Å². The average molecular weight is 289 g/mol. The molecular formula is C14H23N7. The number of anilines is 1. The van der Waals surface area contributed by atoms with E-state index in [1.165, 1.54) is 19.3 Å². The lowest BCUT2D eigenvalue weighted by Crippen LogP contribution is -2.42. The van der Waals surface area contributed by atoms with Crippen LogP contribution in [0.3, 0.4) is 0 Å². The van der Waals surface area contributed by atoms with Gasteiger partial charge in [0.2, 0.25) is 0 Å². The minimum atomic E-state index is 0.592. The van der Waals surface area contributed by atoms with Crippen LogP contribution in [0.1, 0.15) is 33.1 Å². The minimum Gasteiger partial charge on any atom is -0.355 e. The van der Waals surface area contributed by atoms with Crippen LogP contribution in [0.2, 0.25) is 0 Å². The summed E-state index contributed by atoms with van der Waals surface area (Å²) in [4.78, 5) is 6.57. The molecule has 0 aromatic carbocycles. The Kier molecular flexibility index (Phi) is 4.28. The molecule has 114 valence electrons. The van der Waals surface area contributed by atoms with E-state index in [1.54, 1.807) is 10.7 Å². The van der Waals surface area contributed by atoms with Gasteiger partial charge in [-0.3, -0.25) is 4.98 Å². The fourth-order valence-corrected chi connectivity index (χ4v) is 3.05. The normalized spacial score (nSPS) is 18.3. The Labute approximate surface area is 124 Å². The van der Waals surface area contributed by atoms with E-state index >= 15 is 0 Å². The number of nitrogens with zero attached hydrogens (tertiary/aromatic N) is 6. The van der Waals surface area contributed by atoms with E-state index < -0.39 is 0 Å². The lowest BCUT2D eigenvalue weighted by atomic mass is 9.90. The Morgan fingerprint density at radius 1 is 1.33 bits per heavy atom. The first-order chi connectivity index (χ1) is 10.3. The number of aromatic nitrogens is 5. The zero-order valence-corrected chi connectivity index (χ0v) is 12.7. The van der Waals surface area contributed by atoms with Crippen molar-refractivity contribution in [3.8, 4) is 0 Å². The largest absolute Gasteiger partial charge is 0.355 e. The van der Waals surface area contributed by atoms with Crippen LogP contribution in [0.25, 0.3) is 5.65 Å². The van der Waals surface area contributed by atoms with Gasteiger partial charge in [0.1, 0.15) is 0 Å². The first-order valence-corrected chi connectivity index (χ1v) is 7.80. The Morgan fingerprint density at radius 2 is 2.14 bits per heavy atom. The van der Waals surface area contributed by atoms with Crippen molar-refractivity contribution >= 4 is 11.5 Å². The molecule has 1 unspecified atom stereocenters. The summed E-state index contributed by atoms with van der Waals surface area (Å²) < 4.78 is 1.77. The number of tetrazole rings is 1. The zero-order valence-electron chi connectivity index (χ0n) is 12.7. The van der Waals surface area contributed by atoms with Gasteiger partial charge >= 0.3 is 0 Å². The molecule has 1 saturated heterocycles. The van der Waals surface area contributed by atoms with Crippen LogP contribution in [-0.4, -0.2) is 50.7 Å². The average Bonchev–Trinajstić information content (AvgIpc) is 3.01. The molecule has 1 atom stereocenters. The predicted octanol–water partition coefficient (Wildman–Crippen LogP) is 1.12. The van der Waals surface area contributed by atoms with E-state index in [0.29, 0.717) is 11.7 Å². The van der Waals surface area contributed by atoms with Crippen molar-refractivity contribution in [2.75, 3.05) is 24.5 Å². The molecule has 7 heteroatoms. The highest BCUT2D eigenvalue weighted by Gasteiger charge is 2.25. The fourth-order valence-electron chi connectivity index (χ4n) is 3.05. The molecule has 0 amide bonds. The summed E-state index contributed by atoms with van der Waals surface area (Å²) in [6.45, 7) is 7.68. The molecule has 3 heterocycles. The number of nitrogens with one attached hydrogen (secondary N) is 1. The van der Waals surface area contributed by atoms with Crippen LogP contribution in [0.4, 0.5) is 5.82 Å². The summed E-state index contributed by atoms with van der Waals surface area (Å²) in [6.07, 6.45) is 7.11. The SMILES string of the molecule is CCCNC(C)C1CCN(c2cncc3nnnn23)CC1. The molecular weight excluding hydrogens is 266 g/mol. The highest BCUT2D eigenvalue weighted by atomic mass is 15.5. The first kappa shape index (κ1) is 14.2. The molecule has 3 rings (SSSR count). The summed E-state index contributed by atoms with van der Waals surface area (Å²) in [5.74, 6) is 1.74. The summed E-state index contributed by atoms with van der Waals surface area (Å²) in [5, 5.41) is 15.3. The Balaban J connectivity index is 1.64. The molecule has 1 fully saturated rings. The third-order valence-electron chi connectivity index (χ3n) is 4.38. The summed E-state index contributed by atoms with van der Waals surface area (Å²) >= 11 is 0. The van der Waals surface area contributed by atoms with Crippen molar-refractivity contribution in [1.29, 1.82) is 0 Å². The highest BCUT2D eigenvalue weighted by molar-refractivity contribution is 5.46. The van der Waals surface area contributed by atoms with Crippen LogP contribution in [0.15, 0.2) is 12.4 Å². The standard InChI is InChI=1S/C14H23N7/c1-3-6-16-11(2)12-4-7-20(8-5-12)14-10-15-9-13-17-18-19-21(13)14/h9-12,16H,3-8H2,1-2H3. The maximum absolute atomic E-state index is 4.24. The number of rotatable bonds is 5. The van der Waals surface area contributed by atoms with Gasteiger partial charge < -0.3 is 10.2 Å². The lowest BCUT2D eigenvalue weighted by Gasteiger charge is -2.36. The van der Waals surface area contributed by atoms with E-state index in [1.807, 2.05) is 6.20 Å². The van der Waals surface area contributed by atoms with Gasteiger partial charge in [0.05, 0.1) is 12.4 Å². The maximum atomic E-state index is 4.24. The Morgan fingerprint density at radius 3 is 2.90 bits per heavy atom. The van der Waals surface area contributed by atoms with E-state index in [2.05, 4.69) is 44.6 Å². The second kappa shape index (κ2) is 6.34. The Hall–Kier alpha value is -1.76. The molecule has 0 aliphatic carbocycles. The molecule has 21 heavy (non-hydrogen) atoms. The lowest BCUT2D eigenvalue weighted by molar-refractivity contribution is 0.310. The van der Waals surface area contributed by atoms with Gasteiger partial charge in [-0.2, -0.15) is 4.52 Å². The third kappa shape index (κ3) is 2.97. The van der Waals surface area contributed by atoms with E-state index in [9.17, 15) is 0 Å². The van der Waals surface area contributed by atoms with Gasteiger partial charge in [0.15, 0.2) is 11.5 Å².